The number of carbonyl (C=O) groups is 1. The maximum absolute atomic E-state index is 15.5. The summed E-state index contributed by atoms with van der Waals surface area (Å²) in [6, 6.07) is 16.5. The predicted octanol–water partition coefficient (Wildman–Crippen LogP) is 7.41. The number of fused-ring (bicyclic) bond motifs is 1. The largest absolute Gasteiger partial charge is 0.533 e. The molecule has 1 fully saturated rings. The fourth-order valence-corrected chi connectivity index (χ4v) is 6.80. The topological polar surface area (TPSA) is 96.2 Å². The second kappa shape index (κ2) is 16.3. The van der Waals surface area contributed by atoms with Gasteiger partial charge < -0.3 is 24.8 Å². The maximum Gasteiger partial charge on any atom is 0.298 e. The van der Waals surface area contributed by atoms with Crippen molar-refractivity contribution in [2.75, 3.05) is 6.61 Å². The first-order valence-electron chi connectivity index (χ1n) is 14.7. The van der Waals surface area contributed by atoms with Crippen LogP contribution in [0.3, 0.4) is 0 Å². The molecule has 1 saturated carbocycles. The van der Waals surface area contributed by atoms with Gasteiger partial charge in [0, 0.05) is 55.1 Å². The molecule has 4 rings (SSSR count). The molecule has 2 aromatic rings. The number of hydrogen-bond acceptors (Lipinski definition) is 5. The fraction of sp³-hybridized carbons (Fsp3) is 0.500. The quantitative estimate of drug-likeness (QED) is 0.0840. The first kappa shape index (κ1) is 36.1. The zero-order valence-electron chi connectivity index (χ0n) is 25.0. The van der Waals surface area contributed by atoms with Crippen LogP contribution in [0.1, 0.15) is 76.8 Å². The van der Waals surface area contributed by atoms with Gasteiger partial charge in [-0.3, -0.25) is 4.79 Å². The van der Waals surface area contributed by atoms with Crippen LogP contribution in [-0.2, 0) is 4.79 Å². The number of carboxylic acid groups (broad SMARTS) is 1. The van der Waals surface area contributed by atoms with E-state index in [9.17, 15) is 15.0 Å². The van der Waals surface area contributed by atoms with Crippen LogP contribution in [0.2, 0.25) is 0 Å². The Balaban J connectivity index is 0.00000506. The van der Waals surface area contributed by atoms with E-state index in [0.29, 0.717) is 36.5 Å². The molecule has 0 saturated heterocycles. The number of aliphatic hydroxyl groups excluding tert-OH is 2. The van der Waals surface area contributed by atoms with Crippen LogP contribution in [-0.4, -0.2) is 49.9 Å². The van der Waals surface area contributed by atoms with E-state index in [4.69, 9.17) is 14.6 Å². The van der Waals surface area contributed by atoms with Gasteiger partial charge in [0.15, 0.2) is 3.68 Å². The normalized spacial score (nSPS) is 23.0. The van der Waals surface area contributed by atoms with Crippen LogP contribution < -0.4 is 9.47 Å². The molecule has 0 amide bonds. The summed E-state index contributed by atoms with van der Waals surface area (Å²) in [5.41, 5.74) is 4.82. The molecule has 6 nitrogen and oxygen atoms in total. The molecule has 0 heterocycles. The summed E-state index contributed by atoms with van der Waals surface area (Å²) in [5, 5.41) is 28.4. The number of carboxylic acids is 1. The average molecular weight is 930 g/mol. The van der Waals surface area contributed by atoms with Crippen molar-refractivity contribution in [3.63, 3.8) is 0 Å². The molecule has 6 atom stereocenters. The third kappa shape index (κ3) is 9.56. The van der Waals surface area contributed by atoms with E-state index in [2.05, 4.69) is 6.07 Å². The van der Waals surface area contributed by atoms with Gasteiger partial charge in [-0.25, -0.2) is 4.39 Å². The molecule has 0 bridgehead atoms. The van der Waals surface area contributed by atoms with E-state index in [-0.39, 0.29) is 55.5 Å². The van der Waals surface area contributed by atoms with Gasteiger partial charge in [0.05, 0.1) is 24.9 Å². The second-order valence-electron chi connectivity index (χ2n) is 11.5. The molecule has 232 valence electrons. The Bertz CT molecular complexity index is 1270. The Morgan fingerprint density at radius 1 is 1.16 bits per heavy atom. The van der Waals surface area contributed by atoms with Crippen molar-refractivity contribution in [1.29, 1.82) is 0 Å². The van der Waals surface area contributed by atoms with Crippen molar-refractivity contribution >= 4 is 39.7 Å². The van der Waals surface area contributed by atoms with Gasteiger partial charge in [-0.1, -0.05) is 24.6 Å². The minimum atomic E-state index is -1.39. The van der Waals surface area contributed by atoms with Crippen LogP contribution >= 0.6 is 22.6 Å². The molecule has 2 aromatic carbocycles. The van der Waals surface area contributed by atoms with Crippen LogP contribution in [0.15, 0.2) is 54.1 Å². The van der Waals surface area contributed by atoms with E-state index in [1.54, 1.807) is 26.0 Å². The van der Waals surface area contributed by atoms with Gasteiger partial charge in [-0.15, -0.1) is 41.5 Å². The van der Waals surface area contributed by atoms with Gasteiger partial charge in [0.1, 0.15) is 5.75 Å². The van der Waals surface area contributed by atoms with Gasteiger partial charge in [-0.05, 0) is 98.2 Å². The third-order valence-corrected chi connectivity index (χ3v) is 9.16. The van der Waals surface area contributed by atoms with Gasteiger partial charge >= 0.3 is 0 Å². The minimum Gasteiger partial charge on any atom is -0.533 e. The molecule has 3 N–H and O–H groups in total. The Morgan fingerprint density at radius 3 is 2.44 bits per heavy atom. The van der Waals surface area contributed by atoms with E-state index < -0.39 is 21.9 Å². The molecule has 9 heteroatoms. The molecule has 43 heavy (non-hydrogen) atoms. The zero-order valence-corrected chi connectivity index (χ0v) is 31.3. The van der Waals surface area contributed by atoms with Gasteiger partial charge in [0.25, 0.3) is 5.97 Å². The summed E-state index contributed by atoms with van der Waals surface area (Å²) >= 11 is 1.93. The van der Waals surface area contributed by atoms with E-state index >= 15 is 4.39 Å². The number of allylic oxidation sites excluding steroid dienone is 2. The van der Waals surface area contributed by atoms with Crippen LogP contribution in [0.25, 0.3) is 11.1 Å². The molecule has 0 aromatic heterocycles. The molecule has 0 aliphatic heterocycles. The smallest absolute Gasteiger partial charge is 0.298 e. The summed E-state index contributed by atoms with van der Waals surface area (Å²) in [6.07, 6.45) is 4.59. The van der Waals surface area contributed by atoms with Gasteiger partial charge in [0.2, 0.25) is 0 Å². The molecule has 2 aliphatic carbocycles. The number of ether oxygens (including phenoxy) is 2. The Hall–Kier alpha value is -1.38. The summed E-state index contributed by atoms with van der Waals surface area (Å²) < 4.78 is 26.5. The van der Waals surface area contributed by atoms with E-state index in [1.807, 2.05) is 65.9 Å². The molecule has 0 radical (unpaired) electrons. The standard InChI is InChI=1S/C34H41FIO6.U/c1-4-22(20-32(39)40)23-7-13-26(14-8-23)42-31-18-16-28-27(31)15-17-29(34(3,35)36)33(28)24-9-11-25(12-10-24)41-19-5-6-30(38)21(2)37;/h4,7,9-14,21,27,29-31,37-38H,5-6,15-20H2,1-3H3,(H,39,40);/q-1;/b22-4-;/t21-,27?,29?,30?,31?,34+;/m1./s1. The number of benzene rings is 2. The Kier molecular flexibility index (Phi) is 13.7. The predicted molar refractivity (Wildman–Crippen MR) is 170 cm³/mol. The van der Waals surface area contributed by atoms with Crippen molar-refractivity contribution in [1.82, 2.24) is 0 Å². The number of alkyl halides is 2. The monoisotopic (exact) mass is 929 g/mol. The van der Waals surface area contributed by atoms with Crippen molar-refractivity contribution in [2.45, 2.75) is 87.7 Å². The molecule has 0 spiro atoms. The van der Waals surface area contributed by atoms with Crippen LogP contribution in [0, 0.1) is 49.0 Å². The first-order valence-corrected chi connectivity index (χ1v) is 15.8. The van der Waals surface area contributed by atoms with Gasteiger partial charge in [-0.2, -0.15) is 0 Å². The second-order valence-corrected chi connectivity index (χ2v) is 13.6. The Labute approximate surface area is 291 Å². The molecular weight excluding hydrogens is 888 g/mol. The van der Waals surface area contributed by atoms with Crippen molar-refractivity contribution in [2.24, 2.45) is 11.8 Å². The molecule has 2 aliphatic rings. The van der Waals surface area contributed by atoms with Crippen LogP contribution in [0.4, 0.5) is 4.39 Å². The van der Waals surface area contributed by atoms with Crippen molar-refractivity contribution < 1.29 is 65.1 Å². The number of rotatable bonds is 13. The number of halogens is 2. The number of aliphatic carboxylic acids is 1. The van der Waals surface area contributed by atoms with Crippen molar-refractivity contribution in [3.05, 3.63) is 71.3 Å². The fourth-order valence-electron chi connectivity index (χ4n) is 6.18. The molecule has 4 unspecified atom stereocenters. The zero-order chi connectivity index (χ0) is 30.4. The number of aliphatic hydroxyl groups is 2. The molecular formula is C34H41FIO6U-. The van der Waals surface area contributed by atoms with Crippen LogP contribution in [0.5, 0.6) is 11.5 Å². The average Bonchev–Trinajstić information content (AvgIpc) is 3.36. The summed E-state index contributed by atoms with van der Waals surface area (Å²) in [5.74, 6) is 0.512. The van der Waals surface area contributed by atoms with Crippen molar-refractivity contribution in [3.8, 4) is 11.5 Å². The maximum atomic E-state index is 15.5. The first-order chi connectivity index (χ1) is 20.0. The van der Waals surface area contributed by atoms with E-state index in [1.165, 1.54) is 5.57 Å². The Morgan fingerprint density at radius 2 is 1.86 bits per heavy atom. The summed E-state index contributed by atoms with van der Waals surface area (Å²) in [7, 11) is 0. The minimum absolute atomic E-state index is 0. The van der Waals surface area contributed by atoms with E-state index in [0.717, 1.165) is 42.4 Å². The SMILES string of the molecule is C/C=C(/CC(=O)O)c1[c-]cc(OC2CCC3=C(c4ccc(OCCCC(O)[C@@H](C)O)cc4)C([C@@](C)(F)I)CCC32)cc1.[U]. The summed E-state index contributed by atoms with van der Waals surface area (Å²) in [4.78, 5) is 11.2. The third-order valence-electron chi connectivity index (χ3n) is 8.41. The number of hydrogen-bond donors (Lipinski definition) is 3. The summed E-state index contributed by atoms with van der Waals surface area (Å²) in [6.45, 7) is 5.48.